The Morgan fingerprint density at radius 1 is 1.48 bits per heavy atom. The summed E-state index contributed by atoms with van der Waals surface area (Å²) < 4.78 is 11.2. The minimum absolute atomic E-state index is 0.0551. The van der Waals surface area contributed by atoms with E-state index in [2.05, 4.69) is 0 Å². The fraction of sp³-hybridized carbons (Fsp3) is 0.444. The quantitative estimate of drug-likeness (QED) is 0.631. The van der Waals surface area contributed by atoms with Gasteiger partial charge in [-0.25, -0.2) is 0 Å². The number of amides is 1. The van der Waals surface area contributed by atoms with Gasteiger partial charge < -0.3 is 14.4 Å². The molecule has 0 N–H and O–H groups in total. The van der Waals surface area contributed by atoms with E-state index >= 15 is 0 Å². The Kier molecular flexibility index (Phi) is 3.10. The van der Waals surface area contributed by atoms with Gasteiger partial charge in [0.2, 0.25) is 5.91 Å². The Labute approximate surface area is 134 Å². The van der Waals surface area contributed by atoms with Gasteiger partial charge in [-0.15, -0.1) is 0 Å². The van der Waals surface area contributed by atoms with Gasteiger partial charge in [-0.3, -0.25) is 9.59 Å². The first-order chi connectivity index (χ1) is 11.1. The van der Waals surface area contributed by atoms with Crippen LogP contribution >= 0.6 is 0 Å². The summed E-state index contributed by atoms with van der Waals surface area (Å²) in [6.07, 6.45) is 3.50. The summed E-state index contributed by atoms with van der Waals surface area (Å²) >= 11 is 0. The number of benzene rings is 1. The Morgan fingerprint density at radius 3 is 3.04 bits per heavy atom. The van der Waals surface area contributed by atoms with Gasteiger partial charge in [0.05, 0.1) is 25.2 Å². The van der Waals surface area contributed by atoms with Gasteiger partial charge in [-0.1, -0.05) is 24.3 Å². The number of hydrogen-bond acceptors (Lipinski definition) is 4. The molecule has 2 fully saturated rings. The molecular formula is C18H19NO4. The lowest BCUT2D eigenvalue weighted by Gasteiger charge is -2.22. The minimum Gasteiger partial charge on any atom is -0.466 e. The van der Waals surface area contributed by atoms with E-state index in [1.54, 1.807) is 11.8 Å². The summed E-state index contributed by atoms with van der Waals surface area (Å²) in [5, 5.41) is 0. The van der Waals surface area contributed by atoms with Gasteiger partial charge in [0.15, 0.2) is 0 Å². The largest absolute Gasteiger partial charge is 0.466 e. The maximum absolute atomic E-state index is 13.0. The molecule has 2 saturated heterocycles. The van der Waals surface area contributed by atoms with Crippen LogP contribution in [0.2, 0.25) is 0 Å². The summed E-state index contributed by atoms with van der Waals surface area (Å²) in [5.41, 5.74) is 1.25. The number of carbonyl (C=O) groups excluding carboxylic acids is 2. The molecule has 1 amide bonds. The third-order valence-corrected chi connectivity index (χ3v) is 4.97. The molecule has 1 aromatic rings. The fourth-order valence-corrected chi connectivity index (χ4v) is 4.02. The number of hydrogen-bond donors (Lipinski definition) is 0. The third-order valence-electron chi connectivity index (χ3n) is 4.97. The van der Waals surface area contributed by atoms with Crippen molar-refractivity contribution >= 4 is 17.6 Å². The van der Waals surface area contributed by atoms with Crippen LogP contribution in [0.5, 0.6) is 0 Å². The van der Waals surface area contributed by atoms with Gasteiger partial charge in [0.1, 0.15) is 11.5 Å². The molecule has 3 aliphatic heterocycles. The summed E-state index contributed by atoms with van der Waals surface area (Å²) in [6.45, 7) is 4.52. The molecule has 4 atom stereocenters. The van der Waals surface area contributed by atoms with Crippen molar-refractivity contribution in [2.24, 2.45) is 11.8 Å². The molecule has 3 heterocycles. The first kappa shape index (κ1) is 14.5. The zero-order chi connectivity index (χ0) is 16.2. The molecule has 5 heteroatoms. The van der Waals surface area contributed by atoms with E-state index in [1.807, 2.05) is 43.3 Å². The minimum atomic E-state index is -0.692. The predicted octanol–water partition coefficient (Wildman–Crippen LogP) is 1.84. The highest BCUT2D eigenvalue weighted by Crippen LogP contribution is 2.52. The molecule has 0 saturated carbocycles. The third kappa shape index (κ3) is 1.96. The first-order valence-electron chi connectivity index (χ1n) is 7.97. The van der Waals surface area contributed by atoms with E-state index in [1.165, 1.54) is 0 Å². The summed E-state index contributed by atoms with van der Waals surface area (Å²) in [6, 6.07) is 7.82. The van der Waals surface area contributed by atoms with Crippen molar-refractivity contribution in [1.82, 2.24) is 0 Å². The van der Waals surface area contributed by atoms with E-state index in [-0.39, 0.29) is 18.0 Å². The van der Waals surface area contributed by atoms with Crippen molar-refractivity contribution in [1.29, 1.82) is 0 Å². The Hall–Kier alpha value is -2.14. The first-order valence-corrected chi connectivity index (χ1v) is 7.97. The summed E-state index contributed by atoms with van der Waals surface area (Å²) in [7, 11) is 0. The number of aryl methyl sites for hydroxylation is 1. The Bertz CT molecular complexity index is 713. The Morgan fingerprint density at radius 2 is 2.30 bits per heavy atom. The molecule has 23 heavy (non-hydrogen) atoms. The van der Waals surface area contributed by atoms with Crippen LogP contribution < -0.4 is 4.90 Å². The molecule has 1 unspecified atom stereocenters. The topological polar surface area (TPSA) is 55.8 Å². The van der Waals surface area contributed by atoms with E-state index in [0.29, 0.717) is 13.2 Å². The summed E-state index contributed by atoms with van der Waals surface area (Å²) in [5.74, 6) is -1.42. The number of carbonyl (C=O) groups is 2. The van der Waals surface area contributed by atoms with Crippen LogP contribution in [0.3, 0.4) is 0 Å². The lowest BCUT2D eigenvalue weighted by molar-refractivity contribution is -0.151. The molecule has 2 bridgehead atoms. The van der Waals surface area contributed by atoms with Crippen molar-refractivity contribution in [3.05, 3.63) is 42.0 Å². The van der Waals surface area contributed by atoms with Crippen LogP contribution in [0, 0.1) is 18.8 Å². The number of nitrogens with zero attached hydrogens (tertiary/aromatic N) is 1. The van der Waals surface area contributed by atoms with Crippen molar-refractivity contribution in [2.75, 3.05) is 18.1 Å². The van der Waals surface area contributed by atoms with Crippen LogP contribution in [0.1, 0.15) is 12.5 Å². The monoisotopic (exact) mass is 313 g/mol. The highest BCUT2D eigenvalue weighted by atomic mass is 16.6. The van der Waals surface area contributed by atoms with Crippen LogP contribution in [-0.4, -0.2) is 36.7 Å². The van der Waals surface area contributed by atoms with Crippen molar-refractivity contribution in [3.8, 4) is 0 Å². The molecule has 0 radical (unpaired) electrons. The van der Waals surface area contributed by atoms with E-state index < -0.39 is 17.4 Å². The Balaban J connectivity index is 1.70. The second kappa shape index (κ2) is 4.93. The van der Waals surface area contributed by atoms with E-state index in [4.69, 9.17) is 9.47 Å². The van der Waals surface area contributed by atoms with E-state index in [0.717, 1.165) is 11.3 Å². The van der Waals surface area contributed by atoms with Gasteiger partial charge in [0.25, 0.3) is 0 Å². The molecule has 0 aliphatic carbocycles. The number of ether oxygens (including phenoxy) is 2. The van der Waals surface area contributed by atoms with Crippen LogP contribution in [0.25, 0.3) is 0 Å². The summed E-state index contributed by atoms with van der Waals surface area (Å²) in [4.78, 5) is 27.0. The lowest BCUT2D eigenvalue weighted by atomic mass is 9.77. The SMILES string of the molecule is CCOC(=O)C1[C@H]2C(=O)N(c3cccc(C)c3)C[C@]23C=C[C@H]1O3. The average Bonchev–Trinajstić information content (AvgIpc) is 3.16. The molecule has 5 nitrogen and oxygen atoms in total. The zero-order valence-electron chi connectivity index (χ0n) is 13.2. The molecule has 1 aromatic carbocycles. The maximum atomic E-state index is 13.0. The normalized spacial score (nSPS) is 34.1. The van der Waals surface area contributed by atoms with E-state index in [9.17, 15) is 9.59 Å². The number of anilines is 1. The standard InChI is InChI=1S/C18H19NO4/c1-3-22-17(21)14-13-7-8-18(23-13)10-19(16(20)15(14)18)12-6-4-5-11(2)9-12/h4-9,13-15H,3,10H2,1-2H3/t13-,14?,15+,18-/m1/s1. The molecule has 120 valence electrons. The van der Waals surface area contributed by atoms with Crippen molar-refractivity contribution in [2.45, 2.75) is 25.6 Å². The number of esters is 1. The maximum Gasteiger partial charge on any atom is 0.312 e. The smallest absolute Gasteiger partial charge is 0.312 e. The molecule has 0 aromatic heterocycles. The van der Waals surface area contributed by atoms with Gasteiger partial charge >= 0.3 is 5.97 Å². The second-order valence-electron chi connectivity index (χ2n) is 6.42. The molecule has 3 aliphatic rings. The van der Waals surface area contributed by atoms with Crippen LogP contribution in [0.4, 0.5) is 5.69 Å². The molecule has 1 spiro atoms. The number of rotatable bonds is 3. The fourth-order valence-electron chi connectivity index (χ4n) is 4.02. The zero-order valence-corrected chi connectivity index (χ0v) is 13.2. The van der Waals surface area contributed by atoms with Crippen molar-refractivity contribution < 1.29 is 19.1 Å². The molecule has 4 rings (SSSR count). The average molecular weight is 313 g/mol. The lowest BCUT2D eigenvalue weighted by Crippen LogP contribution is -2.40. The predicted molar refractivity (Wildman–Crippen MR) is 83.9 cm³/mol. The van der Waals surface area contributed by atoms with Gasteiger partial charge in [-0.05, 0) is 31.5 Å². The highest BCUT2D eigenvalue weighted by molar-refractivity contribution is 6.02. The van der Waals surface area contributed by atoms with Crippen LogP contribution in [0.15, 0.2) is 36.4 Å². The van der Waals surface area contributed by atoms with Gasteiger partial charge in [0, 0.05) is 5.69 Å². The second-order valence-corrected chi connectivity index (χ2v) is 6.42. The highest BCUT2D eigenvalue weighted by Gasteiger charge is 2.67. The number of fused-ring (bicyclic) bond motifs is 1. The van der Waals surface area contributed by atoms with Crippen molar-refractivity contribution in [3.63, 3.8) is 0 Å². The van der Waals surface area contributed by atoms with Gasteiger partial charge in [-0.2, -0.15) is 0 Å². The van der Waals surface area contributed by atoms with Crippen LogP contribution in [-0.2, 0) is 19.1 Å². The molecular weight excluding hydrogens is 294 g/mol.